The molecular formula is C18H19ClN4O. The number of aromatic nitrogens is 1. The third kappa shape index (κ3) is 4.06. The lowest BCUT2D eigenvalue weighted by molar-refractivity contribution is 0.198. The van der Waals surface area contributed by atoms with E-state index >= 15 is 0 Å². The Kier molecular flexibility index (Phi) is 5.33. The molecule has 1 aromatic carbocycles. The van der Waals surface area contributed by atoms with Crippen molar-refractivity contribution in [1.29, 1.82) is 0 Å². The third-order valence-electron chi connectivity index (χ3n) is 3.92. The molecule has 0 spiro atoms. The second-order valence-corrected chi connectivity index (χ2v) is 5.87. The lowest BCUT2D eigenvalue weighted by Gasteiger charge is -2.35. The van der Waals surface area contributed by atoms with Crippen LogP contribution in [0, 0.1) is 0 Å². The molecule has 0 saturated carbocycles. The first-order chi connectivity index (χ1) is 11.7. The maximum atomic E-state index is 12.2. The Bertz CT molecular complexity index is 712. The van der Waals surface area contributed by atoms with E-state index in [9.17, 15) is 4.79 Å². The number of hydrogen-bond donors (Lipinski definition) is 1. The molecule has 0 atom stereocenters. The summed E-state index contributed by atoms with van der Waals surface area (Å²) in [6.45, 7) is 2.89. The first-order valence-corrected chi connectivity index (χ1v) is 8.24. The molecule has 1 aliphatic heterocycles. The summed E-state index contributed by atoms with van der Waals surface area (Å²) in [6.07, 6.45) is 5.22. The van der Waals surface area contributed by atoms with E-state index in [0.717, 1.165) is 24.5 Å². The lowest BCUT2D eigenvalue weighted by atomic mass is 10.2. The van der Waals surface area contributed by atoms with E-state index < -0.39 is 0 Å². The molecule has 2 aromatic rings. The fraction of sp³-hybridized carbons (Fsp3) is 0.222. The number of nitrogens with zero attached hydrogens (tertiary/aromatic N) is 3. The van der Waals surface area contributed by atoms with E-state index in [4.69, 9.17) is 11.6 Å². The highest BCUT2D eigenvalue weighted by Crippen LogP contribution is 2.16. The predicted octanol–water partition coefficient (Wildman–Crippen LogP) is 3.24. The molecule has 1 fully saturated rings. The smallest absolute Gasteiger partial charge is 0.321 e. The molecule has 2 heterocycles. The minimum absolute atomic E-state index is 0.0982. The van der Waals surface area contributed by atoms with Gasteiger partial charge >= 0.3 is 6.03 Å². The van der Waals surface area contributed by atoms with Gasteiger partial charge in [0.25, 0.3) is 0 Å². The summed E-state index contributed by atoms with van der Waals surface area (Å²) in [6, 6.07) is 13.3. The van der Waals surface area contributed by atoms with Crippen LogP contribution in [0.5, 0.6) is 0 Å². The fourth-order valence-corrected chi connectivity index (χ4v) is 2.78. The third-order valence-corrected chi connectivity index (χ3v) is 4.26. The molecule has 1 N–H and O–H groups in total. The molecule has 0 bridgehead atoms. The highest BCUT2D eigenvalue weighted by atomic mass is 35.5. The van der Waals surface area contributed by atoms with Crippen LogP contribution in [0.2, 0.25) is 5.02 Å². The van der Waals surface area contributed by atoms with Crippen molar-refractivity contribution in [1.82, 2.24) is 15.2 Å². The van der Waals surface area contributed by atoms with Gasteiger partial charge in [0, 0.05) is 43.6 Å². The topological polar surface area (TPSA) is 48.5 Å². The number of anilines is 1. The number of halogens is 1. The first kappa shape index (κ1) is 16.3. The quantitative estimate of drug-likeness (QED) is 0.931. The van der Waals surface area contributed by atoms with Crippen molar-refractivity contribution in [3.05, 3.63) is 65.4 Å². The van der Waals surface area contributed by atoms with Crippen LogP contribution in [0.4, 0.5) is 10.6 Å². The maximum Gasteiger partial charge on any atom is 0.321 e. The van der Waals surface area contributed by atoms with Crippen molar-refractivity contribution in [3.8, 4) is 0 Å². The summed E-state index contributed by atoms with van der Waals surface area (Å²) in [5.41, 5.74) is 0.874. The van der Waals surface area contributed by atoms with Crippen LogP contribution in [0.15, 0.2) is 54.9 Å². The van der Waals surface area contributed by atoms with Gasteiger partial charge in [0.1, 0.15) is 5.82 Å². The van der Waals surface area contributed by atoms with Crippen molar-refractivity contribution in [2.75, 3.05) is 31.1 Å². The van der Waals surface area contributed by atoms with Gasteiger partial charge in [-0.05, 0) is 29.8 Å². The number of hydrogen-bond acceptors (Lipinski definition) is 3. The van der Waals surface area contributed by atoms with Crippen molar-refractivity contribution in [2.45, 2.75) is 0 Å². The summed E-state index contributed by atoms with van der Waals surface area (Å²) < 4.78 is 0. The Labute approximate surface area is 146 Å². The summed E-state index contributed by atoms with van der Waals surface area (Å²) in [4.78, 5) is 20.5. The molecular weight excluding hydrogens is 324 g/mol. The molecule has 1 saturated heterocycles. The normalized spacial score (nSPS) is 14.9. The van der Waals surface area contributed by atoms with Gasteiger partial charge in [0.05, 0.1) is 0 Å². The van der Waals surface area contributed by atoms with E-state index in [2.05, 4.69) is 15.2 Å². The zero-order valence-corrected chi connectivity index (χ0v) is 14.0. The van der Waals surface area contributed by atoms with E-state index in [1.807, 2.05) is 42.5 Å². The minimum atomic E-state index is -0.0982. The van der Waals surface area contributed by atoms with Crippen LogP contribution in [0.3, 0.4) is 0 Å². The van der Waals surface area contributed by atoms with Crippen LogP contribution in [0.25, 0.3) is 6.08 Å². The number of amides is 2. The number of piperazine rings is 1. The number of rotatable bonds is 3. The molecule has 3 rings (SSSR count). The van der Waals surface area contributed by atoms with Crippen molar-refractivity contribution in [3.63, 3.8) is 0 Å². The van der Waals surface area contributed by atoms with Gasteiger partial charge in [-0.1, -0.05) is 35.9 Å². The second-order valence-electron chi connectivity index (χ2n) is 5.47. The number of urea groups is 1. The molecule has 5 nitrogen and oxygen atoms in total. The molecule has 2 amide bonds. The average molecular weight is 343 g/mol. The largest absolute Gasteiger partial charge is 0.353 e. The number of pyridine rings is 1. The lowest BCUT2D eigenvalue weighted by Crippen LogP contribution is -2.51. The molecule has 24 heavy (non-hydrogen) atoms. The maximum absolute atomic E-state index is 12.2. The molecule has 1 aliphatic rings. The molecule has 124 valence electrons. The predicted molar refractivity (Wildman–Crippen MR) is 97.0 cm³/mol. The number of benzene rings is 1. The minimum Gasteiger partial charge on any atom is -0.353 e. The van der Waals surface area contributed by atoms with E-state index in [0.29, 0.717) is 18.1 Å². The zero-order valence-electron chi connectivity index (χ0n) is 13.2. The van der Waals surface area contributed by atoms with Gasteiger partial charge in [0.15, 0.2) is 0 Å². The summed E-state index contributed by atoms with van der Waals surface area (Å²) >= 11 is 6.08. The van der Waals surface area contributed by atoms with Gasteiger partial charge in [-0.2, -0.15) is 0 Å². The summed E-state index contributed by atoms with van der Waals surface area (Å²) in [5.74, 6) is 0.955. The van der Waals surface area contributed by atoms with Crippen LogP contribution < -0.4 is 10.2 Å². The molecule has 0 unspecified atom stereocenters. The monoisotopic (exact) mass is 342 g/mol. The van der Waals surface area contributed by atoms with Crippen molar-refractivity contribution < 1.29 is 4.79 Å². The van der Waals surface area contributed by atoms with Crippen molar-refractivity contribution in [2.24, 2.45) is 0 Å². The molecule has 6 heteroatoms. The SMILES string of the molecule is O=C(N/C=C/c1ccccc1Cl)N1CCN(c2ccccn2)CC1. The van der Waals surface area contributed by atoms with E-state index in [-0.39, 0.29) is 6.03 Å². The highest BCUT2D eigenvalue weighted by Gasteiger charge is 2.20. The molecule has 0 aliphatic carbocycles. The van der Waals surface area contributed by atoms with Gasteiger partial charge < -0.3 is 15.1 Å². The Morgan fingerprint density at radius 2 is 1.83 bits per heavy atom. The Balaban J connectivity index is 1.50. The van der Waals surface area contributed by atoms with Gasteiger partial charge in [-0.15, -0.1) is 0 Å². The van der Waals surface area contributed by atoms with Crippen LogP contribution >= 0.6 is 11.6 Å². The molecule has 1 aromatic heterocycles. The molecule has 0 radical (unpaired) electrons. The summed E-state index contributed by atoms with van der Waals surface area (Å²) in [7, 11) is 0. The van der Waals surface area contributed by atoms with Gasteiger partial charge in [-0.25, -0.2) is 9.78 Å². The Morgan fingerprint density at radius 1 is 1.08 bits per heavy atom. The number of carbonyl (C=O) groups excluding carboxylic acids is 1. The van der Waals surface area contributed by atoms with E-state index in [1.165, 1.54) is 0 Å². The summed E-state index contributed by atoms with van der Waals surface area (Å²) in [5, 5.41) is 3.46. The zero-order chi connectivity index (χ0) is 16.8. The van der Waals surface area contributed by atoms with Crippen molar-refractivity contribution >= 4 is 29.5 Å². The number of nitrogens with one attached hydrogen (secondary N) is 1. The van der Waals surface area contributed by atoms with Crippen LogP contribution in [-0.2, 0) is 0 Å². The van der Waals surface area contributed by atoms with Crippen LogP contribution in [0.1, 0.15) is 5.56 Å². The highest BCUT2D eigenvalue weighted by molar-refractivity contribution is 6.32. The second kappa shape index (κ2) is 7.84. The first-order valence-electron chi connectivity index (χ1n) is 7.86. The Morgan fingerprint density at radius 3 is 2.54 bits per heavy atom. The number of carbonyl (C=O) groups is 1. The van der Waals surface area contributed by atoms with E-state index in [1.54, 1.807) is 23.4 Å². The standard InChI is InChI=1S/C18H19ClN4O/c19-16-6-2-1-5-15(16)8-10-21-18(24)23-13-11-22(12-14-23)17-7-3-4-9-20-17/h1-10H,11-14H2,(H,21,24)/b10-8+. The fourth-order valence-electron chi connectivity index (χ4n) is 2.58. The average Bonchev–Trinajstić information content (AvgIpc) is 2.64. The van der Waals surface area contributed by atoms with Gasteiger partial charge in [-0.3, -0.25) is 0 Å². The Hall–Kier alpha value is -2.53. The van der Waals surface area contributed by atoms with Gasteiger partial charge in [0.2, 0.25) is 0 Å². The van der Waals surface area contributed by atoms with Crippen LogP contribution in [-0.4, -0.2) is 42.1 Å².